The van der Waals surface area contributed by atoms with Gasteiger partial charge in [0, 0.05) is 39.1 Å². The van der Waals surface area contributed by atoms with Crippen molar-refractivity contribution < 1.29 is 0 Å². The third-order valence-electron chi connectivity index (χ3n) is 3.41. The van der Waals surface area contributed by atoms with E-state index in [0.29, 0.717) is 5.92 Å². The molecule has 1 N–H and O–H groups in total. The number of aromatic nitrogens is 2. The standard InChI is InChI=1S/C13H16BrN3S/c14-11-4-12(18-8-11)7-17-9-16-6-13(17)10-2-1-3-15-5-10/h4,6,8-10,15H,1-3,5,7H2. The maximum atomic E-state index is 4.33. The lowest BCUT2D eigenvalue weighted by molar-refractivity contribution is 0.444. The van der Waals surface area contributed by atoms with Crippen molar-refractivity contribution in [3.63, 3.8) is 0 Å². The lowest BCUT2D eigenvalue weighted by Gasteiger charge is -2.23. The van der Waals surface area contributed by atoms with Crippen molar-refractivity contribution in [1.82, 2.24) is 14.9 Å². The number of rotatable bonds is 3. The van der Waals surface area contributed by atoms with Crippen molar-refractivity contribution >= 4 is 27.3 Å². The van der Waals surface area contributed by atoms with Crippen LogP contribution in [0.25, 0.3) is 0 Å². The first-order valence-corrected chi connectivity index (χ1v) is 7.94. The molecule has 0 spiro atoms. The van der Waals surface area contributed by atoms with Crippen LogP contribution in [0.5, 0.6) is 0 Å². The Labute approximate surface area is 119 Å². The number of hydrogen-bond donors (Lipinski definition) is 1. The number of thiophene rings is 1. The molecule has 3 heterocycles. The molecule has 0 aliphatic carbocycles. The number of piperidine rings is 1. The molecule has 0 radical (unpaired) electrons. The molecule has 3 nitrogen and oxygen atoms in total. The van der Waals surface area contributed by atoms with E-state index in [1.165, 1.54) is 27.9 Å². The molecular formula is C13H16BrN3S. The van der Waals surface area contributed by atoms with Gasteiger partial charge in [0.15, 0.2) is 0 Å². The molecule has 2 aromatic rings. The van der Waals surface area contributed by atoms with Crippen molar-refractivity contribution in [1.29, 1.82) is 0 Å². The Bertz CT molecular complexity index is 514. The van der Waals surface area contributed by atoms with Crippen LogP contribution in [0.1, 0.15) is 29.3 Å². The van der Waals surface area contributed by atoms with E-state index in [2.05, 4.69) is 42.2 Å². The second kappa shape index (κ2) is 5.55. The summed E-state index contributed by atoms with van der Waals surface area (Å²) in [5, 5.41) is 5.61. The van der Waals surface area contributed by atoms with E-state index in [9.17, 15) is 0 Å². The van der Waals surface area contributed by atoms with Crippen LogP contribution >= 0.6 is 27.3 Å². The molecule has 18 heavy (non-hydrogen) atoms. The number of hydrogen-bond acceptors (Lipinski definition) is 3. The molecule has 3 rings (SSSR count). The van der Waals surface area contributed by atoms with E-state index in [-0.39, 0.29) is 0 Å². The molecule has 2 aromatic heterocycles. The molecular weight excluding hydrogens is 310 g/mol. The number of nitrogens with one attached hydrogen (secondary N) is 1. The summed E-state index contributed by atoms with van der Waals surface area (Å²) in [5.74, 6) is 0.615. The summed E-state index contributed by atoms with van der Waals surface area (Å²) in [6.45, 7) is 3.17. The molecule has 1 aliphatic heterocycles. The van der Waals surface area contributed by atoms with Gasteiger partial charge < -0.3 is 9.88 Å². The zero-order valence-corrected chi connectivity index (χ0v) is 12.5. The fourth-order valence-electron chi connectivity index (χ4n) is 2.51. The summed E-state index contributed by atoms with van der Waals surface area (Å²) in [4.78, 5) is 5.69. The summed E-state index contributed by atoms with van der Waals surface area (Å²) in [6.07, 6.45) is 6.52. The van der Waals surface area contributed by atoms with Gasteiger partial charge in [-0.05, 0) is 41.4 Å². The van der Waals surface area contributed by atoms with Crippen LogP contribution < -0.4 is 5.32 Å². The Kier molecular flexibility index (Phi) is 3.82. The van der Waals surface area contributed by atoms with Gasteiger partial charge in [0.25, 0.3) is 0 Å². The second-order valence-corrected chi connectivity index (χ2v) is 6.63. The highest BCUT2D eigenvalue weighted by Gasteiger charge is 2.18. The summed E-state index contributed by atoms with van der Waals surface area (Å²) >= 11 is 5.30. The molecule has 0 saturated carbocycles. The van der Waals surface area contributed by atoms with Crippen LogP contribution in [0.4, 0.5) is 0 Å². The van der Waals surface area contributed by atoms with Gasteiger partial charge in [0.2, 0.25) is 0 Å². The van der Waals surface area contributed by atoms with Crippen molar-refractivity contribution in [3.8, 4) is 0 Å². The third kappa shape index (κ3) is 2.68. The van der Waals surface area contributed by atoms with E-state index in [4.69, 9.17) is 0 Å². The minimum atomic E-state index is 0.615. The normalized spacial score (nSPS) is 20.2. The second-order valence-electron chi connectivity index (χ2n) is 4.72. The monoisotopic (exact) mass is 325 g/mol. The molecule has 0 aromatic carbocycles. The first kappa shape index (κ1) is 12.4. The topological polar surface area (TPSA) is 29.9 Å². The van der Waals surface area contributed by atoms with E-state index in [0.717, 1.165) is 19.6 Å². The Morgan fingerprint density at radius 3 is 3.22 bits per heavy atom. The van der Waals surface area contributed by atoms with Crippen molar-refractivity contribution in [3.05, 3.63) is 39.0 Å². The zero-order chi connectivity index (χ0) is 12.4. The van der Waals surface area contributed by atoms with Gasteiger partial charge in [0.05, 0.1) is 12.9 Å². The highest BCUT2D eigenvalue weighted by atomic mass is 79.9. The van der Waals surface area contributed by atoms with Gasteiger partial charge in [-0.2, -0.15) is 0 Å². The first-order valence-electron chi connectivity index (χ1n) is 6.26. The van der Waals surface area contributed by atoms with Crippen LogP contribution in [0.3, 0.4) is 0 Å². The molecule has 0 bridgehead atoms. The number of nitrogens with zero attached hydrogens (tertiary/aromatic N) is 2. The van der Waals surface area contributed by atoms with Crippen LogP contribution in [-0.4, -0.2) is 22.6 Å². The fraction of sp³-hybridized carbons (Fsp3) is 0.462. The maximum absolute atomic E-state index is 4.33. The van der Waals surface area contributed by atoms with E-state index < -0.39 is 0 Å². The van der Waals surface area contributed by atoms with E-state index >= 15 is 0 Å². The first-order chi connectivity index (χ1) is 8.83. The van der Waals surface area contributed by atoms with Crippen LogP contribution in [0.15, 0.2) is 28.4 Å². The van der Waals surface area contributed by atoms with E-state index in [1.807, 2.05) is 12.5 Å². The SMILES string of the molecule is Brc1csc(Cn2cncc2C2CCCNC2)c1. The van der Waals surface area contributed by atoms with Gasteiger partial charge in [-0.25, -0.2) is 4.98 Å². The lowest BCUT2D eigenvalue weighted by Crippen LogP contribution is -2.29. The lowest BCUT2D eigenvalue weighted by atomic mass is 9.96. The zero-order valence-electron chi connectivity index (χ0n) is 10.1. The van der Waals surface area contributed by atoms with Gasteiger partial charge in [0.1, 0.15) is 0 Å². The highest BCUT2D eigenvalue weighted by molar-refractivity contribution is 9.10. The molecule has 5 heteroatoms. The van der Waals surface area contributed by atoms with Gasteiger partial charge in [-0.3, -0.25) is 0 Å². The number of halogens is 1. The fourth-order valence-corrected chi connectivity index (χ4v) is 3.96. The molecule has 1 saturated heterocycles. The summed E-state index contributed by atoms with van der Waals surface area (Å²) in [6, 6.07) is 2.19. The minimum Gasteiger partial charge on any atom is -0.329 e. The highest BCUT2D eigenvalue weighted by Crippen LogP contribution is 2.25. The molecule has 1 atom stereocenters. The predicted octanol–water partition coefficient (Wildman–Crippen LogP) is 3.22. The smallest absolute Gasteiger partial charge is 0.0951 e. The third-order valence-corrected chi connectivity index (χ3v) is 5.09. The Morgan fingerprint density at radius 1 is 1.56 bits per heavy atom. The Morgan fingerprint density at radius 2 is 2.50 bits per heavy atom. The Hall–Kier alpha value is -0.650. The number of imidazole rings is 1. The molecule has 1 unspecified atom stereocenters. The molecule has 1 fully saturated rings. The maximum Gasteiger partial charge on any atom is 0.0951 e. The van der Waals surface area contributed by atoms with Gasteiger partial charge >= 0.3 is 0 Å². The largest absolute Gasteiger partial charge is 0.329 e. The van der Waals surface area contributed by atoms with Crippen LogP contribution in [0, 0.1) is 0 Å². The molecule has 1 aliphatic rings. The van der Waals surface area contributed by atoms with Crippen molar-refractivity contribution in [2.75, 3.05) is 13.1 Å². The molecule has 96 valence electrons. The predicted molar refractivity (Wildman–Crippen MR) is 78.2 cm³/mol. The summed E-state index contributed by atoms with van der Waals surface area (Å²) in [5.41, 5.74) is 1.37. The minimum absolute atomic E-state index is 0.615. The molecule has 0 amide bonds. The van der Waals surface area contributed by atoms with Crippen LogP contribution in [-0.2, 0) is 6.54 Å². The Balaban J connectivity index is 1.78. The quantitative estimate of drug-likeness (QED) is 0.939. The average Bonchev–Trinajstić information content (AvgIpc) is 3.00. The van der Waals surface area contributed by atoms with E-state index in [1.54, 1.807) is 11.3 Å². The average molecular weight is 326 g/mol. The van der Waals surface area contributed by atoms with Crippen LogP contribution in [0.2, 0.25) is 0 Å². The van der Waals surface area contributed by atoms with Gasteiger partial charge in [-0.15, -0.1) is 11.3 Å². The van der Waals surface area contributed by atoms with Gasteiger partial charge in [-0.1, -0.05) is 0 Å². The summed E-state index contributed by atoms with van der Waals surface area (Å²) in [7, 11) is 0. The van der Waals surface area contributed by atoms with Crippen molar-refractivity contribution in [2.45, 2.75) is 25.3 Å². The van der Waals surface area contributed by atoms with Crippen molar-refractivity contribution in [2.24, 2.45) is 0 Å². The summed E-state index contributed by atoms with van der Waals surface area (Å²) < 4.78 is 3.46.